The SMILES string of the molecule is CC(=O)c1nccnc1Oc1c(C)ccc2c(N)cccc12. The van der Waals surface area contributed by atoms with Crippen LogP contribution < -0.4 is 10.5 Å². The van der Waals surface area contributed by atoms with Crippen LogP contribution >= 0.6 is 0 Å². The maximum atomic E-state index is 11.7. The Labute approximate surface area is 127 Å². The summed E-state index contributed by atoms with van der Waals surface area (Å²) in [6.45, 7) is 3.37. The van der Waals surface area contributed by atoms with Gasteiger partial charge in [-0.3, -0.25) is 4.79 Å². The fourth-order valence-electron chi connectivity index (χ4n) is 2.34. The molecular weight excluding hydrogens is 278 g/mol. The number of hydrogen-bond acceptors (Lipinski definition) is 5. The number of rotatable bonds is 3. The first kappa shape index (κ1) is 14.0. The van der Waals surface area contributed by atoms with E-state index in [0.717, 1.165) is 16.3 Å². The molecule has 0 radical (unpaired) electrons. The third-order valence-electron chi connectivity index (χ3n) is 3.44. The van der Waals surface area contributed by atoms with Crippen LogP contribution in [-0.2, 0) is 0 Å². The Morgan fingerprint density at radius 2 is 1.86 bits per heavy atom. The van der Waals surface area contributed by atoms with Crippen molar-refractivity contribution < 1.29 is 9.53 Å². The Bertz CT molecular complexity index is 875. The molecule has 0 aliphatic carbocycles. The maximum Gasteiger partial charge on any atom is 0.249 e. The number of benzene rings is 2. The predicted molar refractivity (Wildman–Crippen MR) is 85.2 cm³/mol. The summed E-state index contributed by atoms with van der Waals surface area (Å²) >= 11 is 0. The molecule has 0 amide bonds. The molecule has 2 N–H and O–H groups in total. The molecule has 5 nitrogen and oxygen atoms in total. The Morgan fingerprint density at radius 3 is 2.64 bits per heavy atom. The number of carbonyl (C=O) groups excluding carboxylic acids is 1. The minimum atomic E-state index is -0.194. The van der Waals surface area contributed by atoms with Crippen molar-refractivity contribution in [1.29, 1.82) is 0 Å². The van der Waals surface area contributed by atoms with Gasteiger partial charge in [0.05, 0.1) is 0 Å². The van der Waals surface area contributed by atoms with Gasteiger partial charge in [-0.05, 0) is 18.6 Å². The van der Waals surface area contributed by atoms with Crippen LogP contribution in [0.2, 0.25) is 0 Å². The molecule has 3 rings (SSSR count). The highest BCUT2D eigenvalue weighted by atomic mass is 16.5. The van der Waals surface area contributed by atoms with Gasteiger partial charge in [0, 0.05) is 35.8 Å². The van der Waals surface area contributed by atoms with E-state index in [1.54, 1.807) is 0 Å². The first-order valence-corrected chi connectivity index (χ1v) is 6.85. The normalized spacial score (nSPS) is 10.6. The highest BCUT2D eigenvalue weighted by Crippen LogP contribution is 2.35. The van der Waals surface area contributed by atoms with Crippen molar-refractivity contribution in [1.82, 2.24) is 9.97 Å². The summed E-state index contributed by atoms with van der Waals surface area (Å²) < 4.78 is 5.92. The minimum Gasteiger partial charge on any atom is -0.436 e. The molecule has 1 heterocycles. The summed E-state index contributed by atoms with van der Waals surface area (Å²) in [5.74, 6) is 0.640. The number of aryl methyl sites for hydroxylation is 1. The molecule has 110 valence electrons. The van der Waals surface area contributed by atoms with E-state index in [0.29, 0.717) is 11.4 Å². The van der Waals surface area contributed by atoms with E-state index in [2.05, 4.69) is 9.97 Å². The van der Waals surface area contributed by atoms with Crippen molar-refractivity contribution in [2.24, 2.45) is 0 Å². The number of fused-ring (bicyclic) bond motifs is 1. The third-order valence-corrected chi connectivity index (χ3v) is 3.44. The fraction of sp³-hybridized carbons (Fsp3) is 0.118. The first-order valence-electron chi connectivity index (χ1n) is 6.85. The number of Topliss-reactive ketones (excluding diaryl/α,β-unsaturated/α-hetero) is 1. The molecule has 5 heteroatoms. The molecule has 0 atom stereocenters. The average Bonchev–Trinajstić information content (AvgIpc) is 2.50. The zero-order valence-electron chi connectivity index (χ0n) is 12.3. The van der Waals surface area contributed by atoms with Gasteiger partial charge in [0.1, 0.15) is 5.75 Å². The Hall–Kier alpha value is -2.95. The smallest absolute Gasteiger partial charge is 0.249 e. The van der Waals surface area contributed by atoms with Crippen LogP contribution in [0, 0.1) is 6.92 Å². The van der Waals surface area contributed by atoms with Gasteiger partial charge >= 0.3 is 0 Å². The molecule has 0 aliphatic heterocycles. The molecule has 2 aromatic carbocycles. The number of anilines is 1. The van der Waals surface area contributed by atoms with E-state index in [1.165, 1.54) is 19.3 Å². The van der Waals surface area contributed by atoms with Crippen LogP contribution in [0.5, 0.6) is 11.6 Å². The van der Waals surface area contributed by atoms with E-state index >= 15 is 0 Å². The number of carbonyl (C=O) groups is 1. The summed E-state index contributed by atoms with van der Waals surface area (Å²) in [6, 6.07) is 9.52. The summed E-state index contributed by atoms with van der Waals surface area (Å²) in [6.07, 6.45) is 2.97. The maximum absolute atomic E-state index is 11.7. The minimum absolute atomic E-state index is 0.194. The summed E-state index contributed by atoms with van der Waals surface area (Å²) in [5, 5.41) is 1.77. The fourth-order valence-corrected chi connectivity index (χ4v) is 2.34. The number of aromatic nitrogens is 2. The van der Waals surface area contributed by atoms with Crippen molar-refractivity contribution in [3.63, 3.8) is 0 Å². The second-order valence-corrected chi connectivity index (χ2v) is 5.02. The molecule has 0 unspecified atom stereocenters. The van der Waals surface area contributed by atoms with Gasteiger partial charge < -0.3 is 10.5 Å². The predicted octanol–water partition coefficient (Wildman–Crippen LogP) is 3.52. The van der Waals surface area contributed by atoms with E-state index in [1.807, 2.05) is 37.3 Å². The average molecular weight is 293 g/mol. The molecule has 0 saturated carbocycles. The van der Waals surface area contributed by atoms with Crippen molar-refractivity contribution in [2.75, 3.05) is 5.73 Å². The highest BCUT2D eigenvalue weighted by molar-refractivity contribution is 5.98. The molecule has 0 spiro atoms. The van der Waals surface area contributed by atoms with Crippen LogP contribution in [0.1, 0.15) is 23.0 Å². The van der Waals surface area contributed by atoms with Gasteiger partial charge in [0.25, 0.3) is 0 Å². The molecule has 0 saturated heterocycles. The monoisotopic (exact) mass is 293 g/mol. The lowest BCUT2D eigenvalue weighted by molar-refractivity contribution is 0.101. The molecule has 3 aromatic rings. The summed E-state index contributed by atoms with van der Waals surface area (Å²) in [7, 11) is 0. The molecule has 1 aromatic heterocycles. The quantitative estimate of drug-likeness (QED) is 0.590. The van der Waals surface area contributed by atoms with Crippen molar-refractivity contribution in [2.45, 2.75) is 13.8 Å². The lowest BCUT2D eigenvalue weighted by atomic mass is 10.0. The second kappa shape index (κ2) is 5.44. The highest BCUT2D eigenvalue weighted by Gasteiger charge is 2.15. The van der Waals surface area contributed by atoms with Gasteiger partial charge in [-0.25, -0.2) is 9.97 Å². The number of nitrogen functional groups attached to an aromatic ring is 1. The topological polar surface area (TPSA) is 78.1 Å². The van der Waals surface area contributed by atoms with Gasteiger partial charge in [-0.1, -0.05) is 24.3 Å². The van der Waals surface area contributed by atoms with E-state index in [9.17, 15) is 4.79 Å². The number of nitrogens with two attached hydrogens (primary N) is 1. The van der Waals surface area contributed by atoms with Gasteiger partial charge in [0.2, 0.25) is 5.88 Å². The standard InChI is InChI=1S/C17H15N3O2/c1-10-6-7-12-13(4-3-5-14(12)18)16(10)22-17-15(11(2)21)19-8-9-20-17/h3-9H,18H2,1-2H3. The zero-order chi connectivity index (χ0) is 15.7. The lowest BCUT2D eigenvalue weighted by Gasteiger charge is -2.13. The number of ether oxygens (including phenoxy) is 1. The van der Waals surface area contributed by atoms with E-state index in [-0.39, 0.29) is 17.4 Å². The van der Waals surface area contributed by atoms with Gasteiger partial charge in [-0.2, -0.15) is 0 Å². The zero-order valence-corrected chi connectivity index (χ0v) is 12.3. The van der Waals surface area contributed by atoms with Crippen LogP contribution in [0.25, 0.3) is 10.8 Å². The van der Waals surface area contributed by atoms with Gasteiger partial charge in [-0.15, -0.1) is 0 Å². The molecule has 22 heavy (non-hydrogen) atoms. The third kappa shape index (κ3) is 2.37. The number of hydrogen-bond donors (Lipinski definition) is 1. The van der Waals surface area contributed by atoms with Crippen molar-refractivity contribution in [3.8, 4) is 11.6 Å². The Balaban J connectivity index is 2.18. The van der Waals surface area contributed by atoms with Crippen molar-refractivity contribution >= 4 is 22.2 Å². The summed E-state index contributed by atoms with van der Waals surface area (Å²) in [4.78, 5) is 19.8. The van der Waals surface area contributed by atoms with Crippen molar-refractivity contribution in [3.05, 3.63) is 54.0 Å². The lowest BCUT2D eigenvalue weighted by Crippen LogP contribution is -2.03. The molecule has 0 bridgehead atoms. The number of ketones is 1. The van der Waals surface area contributed by atoms with E-state index in [4.69, 9.17) is 10.5 Å². The van der Waals surface area contributed by atoms with Crippen LogP contribution in [0.15, 0.2) is 42.7 Å². The first-order chi connectivity index (χ1) is 10.6. The Morgan fingerprint density at radius 1 is 1.09 bits per heavy atom. The summed E-state index contributed by atoms with van der Waals surface area (Å²) in [5.41, 5.74) is 7.82. The van der Waals surface area contributed by atoms with Crippen LogP contribution in [0.3, 0.4) is 0 Å². The molecular formula is C17H15N3O2. The van der Waals surface area contributed by atoms with Crippen LogP contribution in [-0.4, -0.2) is 15.8 Å². The molecule has 0 aliphatic rings. The molecule has 0 fully saturated rings. The Kier molecular flexibility index (Phi) is 3.47. The number of nitrogens with zero attached hydrogens (tertiary/aromatic N) is 2. The van der Waals surface area contributed by atoms with E-state index < -0.39 is 0 Å². The van der Waals surface area contributed by atoms with Crippen LogP contribution in [0.4, 0.5) is 5.69 Å². The second-order valence-electron chi connectivity index (χ2n) is 5.02. The largest absolute Gasteiger partial charge is 0.436 e. The van der Waals surface area contributed by atoms with Gasteiger partial charge in [0.15, 0.2) is 11.5 Å².